The lowest BCUT2D eigenvalue weighted by molar-refractivity contribution is -0.386. The van der Waals surface area contributed by atoms with Crippen molar-refractivity contribution in [3.05, 3.63) is 39.7 Å². The maximum absolute atomic E-state index is 13.7. The number of nitro benzene ring substituents is 1. The number of nitrogens with two attached hydrogens (primary N) is 1. The van der Waals surface area contributed by atoms with Gasteiger partial charge in [-0.3, -0.25) is 10.1 Å². The van der Waals surface area contributed by atoms with E-state index in [1.807, 2.05) is 13.8 Å². The third kappa shape index (κ3) is 1.31. The maximum atomic E-state index is 13.7. The Balaban J connectivity index is 2.61. The number of hydrogen-bond donors (Lipinski definition) is 1. The van der Waals surface area contributed by atoms with Gasteiger partial charge in [0.15, 0.2) is 0 Å². The molecule has 86 valence electrons. The van der Waals surface area contributed by atoms with E-state index in [0.717, 1.165) is 0 Å². The Labute approximate surface area is 92.4 Å². The Morgan fingerprint density at radius 1 is 1.50 bits per heavy atom. The van der Waals surface area contributed by atoms with Gasteiger partial charge in [0.25, 0.3) is 5.69 Å². The van der Waals surface area contributed by atoms with Gasteiger partial charge in [-0.1, -0.05) is 19.9 Å². The minimum absolute atomic E-state index is 0.0324. The molecular weight excluding hydrogens is 211 g/mol. The second-order valence-corrected chi connectivity index (χ2v) is 4.92. The van der Waals surface area contributed by atoms with Crippen LogP contribution < -0.4 is 5.73 Å². The summed E-state index contributed by atoms with van der Waals surface area (Å²) in [7, 11) is 0. The van der Waals surface area contributed by atoms with E-state index < -0.39 is 16.3 Å². The van der Waals surface area contributed by atoms with E-state index in [1.54, 1.807) is 0 Å². The molecule has 2 N–H and O–H groups in total. The fourth-order valence-corrected chi connectivity index (χ4v) is 2.19. The molecule has 16 heavy (non-hydrogen) atoms. The first-order chi connectivity index (χ1) is 7.29. The van der Waals surface area contributed by atoms with E-state index in [1.165, 1.54) is 18.2 Å². The largest absolute Gasteiger partial charge is 0.321 e. The summed E-state index contributed by atoms with van der Waals surface area (Å²) in [6.07, 6.45) is 0.557. The standard InChI is InChI=1S/C11H13FN2O2/c1-10(2)6-11(10,13)9-7(12)4-3-5-8(9)14(15)16/h3-5H,6,13H2,1-2H3. The normalized spacial score (nSPS) is 26.5. The first-order valence-electron chi connectivity index (χ1n) is 5.02. The molecule has 4 nitrogen and oxygen atoms in total. The summed E-state index contributed by atoms with van der Waals surface area (Å²) < 4.78 is 13.7. The molecule has 0 aromatic heterocycles. The Kier molecular flexibility index (Phi) is 2.07. The summed E-state index contributed by atoms with van der Waals surface area (Å²) in [5, 5.41) is 10.8. The molecule has 0 spiro atoms. The molecule has 1 aromatic rings. The smallest absolute Gasteiger partial charge is 0.277 e. The van der Waals surface area contributed by atoms with Crippen LogP contribution >= 0.6 is 0 Å². The van der Waals surface area contributed by atoms with Crippen LogP contribution in [0.25, 0.3) is 0 Å². The number of benzene rings is 1. The molecule has 0 bridgehead atoms. The third-order valence-corrected chi connectivity index (χ3v) is 3.44. The molecule has 2 rings (SSSR count). The van der Waals surface area contributed by atoms with Crippen LogP contribution in [0.4, 0.5) is 10.1 Å². The highest BCUT2D eigenvalue weighted by Gasteiger charge is 2.62. The van der Waals surface area contributed by atoms with Gasteiger partial charge in [0.2, 0.25) is 0 Å². The van der Waals surface area contributed by atoms with Gasteiger partial charge >= 0.3 is 0 Å². The summed E-state index contributed by atoms with van der Waals surface area (Å²) in [5.74, 6) is -0.595. The molecule has 0 amide bonds. The molecule has 1 aromatic carbocycles. The molecule has 1 unspecified atom stereocenters. The van der Waals surface area contributed by atoms with Crippen molar-refractivity contribution in [1.29, 1.82) is 0 Å². The molecule has 0 saturated heterocycles. The van der Waals surface area contributed by atoms with Crippen molar-refractivity contribution in [2.45, 2.75) is 25.8 Å². The van der Waals surface area contributed by atoms with Gasteiger partial charge in [-0.05, 0) is 17.9 Å². The lowest BCUT2D eigenvalue weighted by Crippen LogP contribution is -2.27. The van der Waals surface area contributed by atoms with Gasteiger partial charge in [0.1, 0.15) is 5.82 Å². The highest BCUT2D eigenvalue weighted by molar-refractivity contribution is 5.50. The number of nitrogens with zero attached hydrogens (tertiary/aromatic N) is 1. The fraction of sp³-hybridized carbons (Fsp3) is 0.455. The first-order valence-corrected chi connectivity index (χ1v) is 5.02. The molecule has 1 fully saturated rings. The minimum Gasteiger partial charge on any atom is -0.321 e. The van der Waals surface area contributed by atoms with E-state index in [-0.39, 0.29) is 16.7 Å². The summed E-state index contributed by atoms with van der Waals surface area (Å²) in [5.41, 5.74) is 4.64. The van der Waals surface area contributed by atoms with Crippen molar-refractivity contribution < 1.29 is 9.31 Å². The zero-order valence-electron chi connectivity index (χ0n) is 9.16. The van der Waals surface area contributed by atoms with Gasteiger partial charge in [-0.15, -0.1) is 0 Å². The molecular formula is C11H13FN2O2. The second-order valence-electron chi connectivity index (χ2n) is 4.92. The topological polar surface area (TPSA) is 69.2 Å². The van der Waals surface area contributed by atoms with E-state index in [9.17, 15) is 14.5 Å². The average Bonchev–Trinajstić information content (AvgIpc) is 2.65. The quantitative estimate of drug-likeness (QED) is 0.619. The van der Waals surface area contributed by atoms with E-state index in [4.69, 9.17) is 5.73 Å². The van der Waals surface area contributed by atoms with Gasteiger partial charge < -0.3 is 5.73 Å². The predicted molar refractivity (Wildman–Crippen MR) is 57.3 cm³/mol. The zero-order valence-corrected chi connectivity index (χ0v) is 9.16. The van der Waals surface area contributed by atoms with Crippen LogP contribution in [0.1, 0.15) is 25.8 Å². The summed E-state index contributed by atoms with van der Waals surface area (Å²) in [6.45, 7) is 3.76. The van der Waals surface area contributed by atoms with Crippen molar-refractivity contribution in [2.75, 3.05) is 0 Å². The van der Waals surface area contributed by atoms with Crippen LogP contribution in [0, 0.1) is 21.3 Å². The molecule has 5 heteroatoms. The van der Waals surface area contributed by atoms with Gasteiger partial charge in [-0.25, -0.2) is 4.39 Å². The van der Waals surface area contributed by atoms with Gasteiger partial charge in [0, 0.05) is 6.07 Å². The molecule has 1 saturated carbocycles. The SMILES string of the molecule is CC1(C)CC1(N)c1c(F)cccc1[N+](=O)[O-]. The highest BCUT2D eigenvalue weighted by atomic mass is 19.1. The van der Waals surface area contributed by atoms with Crippen LogP contribution in [-0.4, -0.2) is 4.92 Å². The van der Waals surface area contributed by atoms with E-state index >= 15 is 0 Å². The lowest BCUT2D eigenvalue weighted by atomic mass is 9.95. The van der Waals surface area contributed by atoms with Crippen molar-refractivity contribution in [1.82, 2.24) is 0 Å². The van der Waals surface area contributed by atoms with Gasteiger partial charge in [-0.2, -0.15) is 0 Å². The Hall–Kier alpha value is -1.49. The van der Waals surface area contributed by atoms with Crippen molar-refractivity contribution in [3.63, 3.8) is 0 Å². The van der Waals surface area contributed by atoms with Crippen LogP contribution in [0.5, 0.6) is 0 Å². The summed E-state index contributed by atoms with van der Waals surface area (Å²) >= 11 is 0. The van der Waals surface area contributed by atoms with E-state index in [2.05, 4.69) is 0 Å². The van der Waals surface area contributed by atoms with Crippen LogP contribution in [0.3, 0.4) is 0 Å². The minimum atomic E-state index is -0.916. The van der Waals surface area contributed by atoms with Gasteiger partial charge in [0.05, 0.1) is 16.0 Å². The van der Waals surface area contributed by atoms with Crippen LogP contribution in [-0.2, 0) is 5.54 Å². The monoisotopic (exact) mass is 224 g/mol. The second kappa shape index (κ2) is 3.01. The molecule has 1 atom stereocenters. The molecule has 0 aliphatic heterocycles. The van der Waals surface area contributed by atoms with Crippen molar-refractivity contribution in [3.8, 4) is 0 Å². The Morgan fingerprint density at radius 2 is 2.06 bits per heavy atom. The Morgan fingerprint density at radius 3 is 2.50 bits per heavy atom. The first kappa shape index (κ1) is 11.0. The third-order valence-electron chi connectivity index (χ3n) is 3.44. The number of halogens is 1. The van der Waals surface area contributed by atoms with Crippen molar-refractivity contribution >= 4 is 5.69 Å². The van der Waals surface area contributed by atoms with Crippen LogP contribution in [0.2, 0.25) is 0 Å². The lowest BCUT2D eigenvalue weighted by Gasteiger charge is -2.16. The summed E-state index contributed by atoms with van der Waals surface area (Å²) in [6, 6.07) is 3.84. The number of nitro groups is 1. The van der Waals surface area contributed by atoms with E-state index in [0.29, 0.717) is 6.42 Å². The molecule has 0 heterocycles. The highest BCUT2D eigenvalue weighted by Crippen LogP contribution is 2.62. The molecule has 0 radical (unpaired) electrons. The fourth-order valence-electron chi connectivity index (χ4n) is 2.19. The molecule has 1 aliphatic carbocycles. The number of rotatable bonds is 2. The predicted octanol–water partition coefficient (Wildman–Crippen LogP) is 2.32. The van der Waals surface area contributed by atoms with Crippen LogP contribution in [0.15, 0.2) is 18.2 Å². The summed E-state index contributed by atoms with van der Waals surface area (Å²) in [4.78, 5) is 10.3. The maximum Gasteiger partial charge on any atom is 0.277 e. The number of hydrogen-bond acceptors (Lipinski definition) is 3. The van der Waals surface area contributed by atoms with Crippen molar-refractivity contribution in [2.24, 2.45) is 11.1 Å². The average molecular weight is 224 g/mol. The molecule has 1 aliphatic rings. The zero-order chi connectivity index (χ0) is 12.1. The Bertz CT molecular complexity index is 473.